The third-order valence-corrected chi connectivity index (χ3v) is 3.50. The zero-order chi connectivity index (χ0) is 14.0. The summed E-state index contributed by atoms with van der Waals surface area (Å²) in [4.78, 5) is 0. The second-order valence-electron chi connectivity index (χ2n) is 4.53. The van der Waals surface area contributed by atoms with Gasteiger partial charge in [0.1, 0.15) is 11.6 Å². The highest BCUT2D eigenvalue weighted by Gasteiger charge is 2.12. The Kier molecular flexibility index (Phi) is 4.17. The molecular formula is C15H14ClF2N. The Morgan fingerprint density at radius 2 is 1.89 bits per heavy atom. The number of hydrogen-bond acceptors (Lipinski definition) is 1. The Bertz CT molecular complexity index is 599. The van der Waals surface area contributed by atoms with E-state index in [0.29, 0.717) is 17.5 Å². The zero-order valence-corrected chi connectivity index (χ0v) is 11.2. The highest BCUT2D eigenvalue weighted by Crippen LogP contribution is 2.25. The molecule has 1 unspecified atom stereocenters. The van der Waals surface area contributed by atoms with Crippen molar-refractivity contribution < 1.29 is 8.78 Å². The number of nitrogens with two attached hydrogens (primary N) is 1. The molecule has 0 bridgehead atoms. The summed E-state index contributed by atoms with van der Waals surface area (Å²) in [5.41, 5.74) is 8.06. The van der Waals surface area contributed by atoms with Crippen molar-refractivity contribution in [3.63, 3.8) is 0 Å². The van der Waals surface area contributed by atoms with Crippen LogP contribution in [0.3, 0.4) is 0 Å². The lowest BCUT2D eigenvalue weighted by Crippen LogP contribution is -2.14. The van der Waals surface area contributed by atoms with Gasteiger partial charge in [0.2, 0.25) is 0 Å². The number of rotatable bonds is 3. The predicted octanol–water partition coefficient (Wildman–Crippen LogP) is 4.17. The summed E-state index contributed by atoms with van der Waals surface area (Å²) >= 11 is 5.89. The molecule has 0 aliphatic heterocycles. The largest absolute Gasteiger partial charge is 0.324 e. The van der Waals surface area contributed by atoms with Crippen LogP contribution in [0.4, 0.5) is 8.78 Å². The van der Waals surface area contributed by atoms with E-state index >= 15 is 0 Å². The van der Waals surface area contributed by atoms with Crippen molar-refractivity contribution in [3.8, 4) is 0 Å². The average molecular weight is 282 g/mol. The van der Waals surface area contributed by atoms with Gasteiger partial charge in [-0.3, -0.25) is 0 Å². The predicted molar refractivity (Wildman–Crippen MR) is 73.2 cm³/mol. The third-order valence-electron chi connectivity index (χ3n) is 3.08. The lowest BCUT2D eigenvalue weighted by atomic mass is 9.98. The summed E-state index contributed by atoms with van der Waals surface area (Å²) in [6, 6.07) is 9.02. The van der Waals surface area contributed by atoms with E-state index in [1.165, 1.54) is 12.1 Å². The molecule has 0 aliphatic rings. The first-order valence-corrected chi connectivity index (χ1v) is 6.31. The minimum atomic E-state index is -0.457. The molecule has 4 heteroatoms. The van der Waals surface area contributed by atoms with Crippen LogP contribution in [0.15, 0.2) is 36.4 Å². The van der Waals surface area contributed by atoms with Gasteiger partial charge in [-0.1, -0.05) is 35.9 Å². The maximum atomic E-state index is 13.3. The van der Waals surface area contributed by atoms with Crippen molar-refractivity contribution >= 4 is 11.6 Å². The van der Waals surface area contributed by atoms with Crippen molar-refractivity contribution in [1.29, 1.82) is 0 Å². The molecule has 0 heterocycles. The van der Waals surface area contributed by atoms with Gasteiger partial charge >= 0.3 is 0 Å². The van der Waals surface area contributed by atoms with Gasteiger partial charge in [0.05, 0.1) is 5.02 Å². The van der Waals surface area contributed by atoms with Crippen LogP contribution < -0.4 is 5.73 Å². The van der Waals surface area contributed by atoms with Crippen molar-refractivity contribution in [2.75, 3.05) is 0 Å². The Morgan fingerprint density at radius 1 is 1.16 bits per heavy atom. The molecule has 0 aliphatic carbocycles. The molecular weight excluding hydrogens is 268 g/mol. The Morgan fingerprint density at radius 3 is 2.58 bits per heavy atom. The highest BCUT2D eigenvalue weighted by atomic mass is 35.5. The van der Waals surface area contributed by atoms with Crippen molar-refractivity contribution in [1.82, 2.24) is 0 Å². The number of halogens is 3. The third kappa shape index (κ3) is 3.11. The average Bonchev–Trinajstić information content (AvgIpc) is 2.38. The monoisotopic (exact) mass is 281 g/mol. The van der Waals surface area contributed by atoms with Gasteiger partial charge in [-0.2, -0.15) is 0 Å². The van der Waals surface area contributed by atoms with Crippen LogP contribution in [0.5, 0.6) is 0 Å². The van der Waals surface area contributed by atoms with E-state index in [1.807, 2.05) is 0 Å². The topological polar surface area (TPSA) is 26.0 Å². The van der Waals surface area contributed by atoms with Crippen molar-refractivity contribution in [3.05, 3.63) is 69.7 Å². The van der Waals surface area contributed by atoms with E-state index < -0.39 is 5.82 Å². The molecule has 100 valence electrons. The fourth-order valence-electron chi connectivity index (χ4n) is 1.96. The van der Waals surface area contributed by atoms with Crippen LogP contribution in [0.1, 0.15) is 22.7 Å². The first-order valence-electron chi connectivity index (χ1n) is 5.93. The summed E-state index contributed by atoms with van der Waals surface area (Å²) in [5, 5.41) is 0.0942. The lowest BCUT2D eigenvalue weighted by Gasteiger charge is -2.14. The summed E-state index contributed by atoms with van der Waals surface area (Å²) < 4.78 is 26.5. The molecule has 0 saturated carbocycles. The zero-order valence-electron chi connectivity index (χ0n) is 10.5. The fraction of sp³-hybridized carbons (Fsp3) is 0.200. The second-order valence-corrected chi connectivity index (χ2v) is 4.91. The molecule has 0 spiro atoms. The van der Waals surface area contributed by atoms with Crippen molar-refractivity contribution in [2.24, 2.45) is 5.73 Å². The molecule has 1 atom stereocenters. The smallest absolute Gasteiger partial charge is 0.142 e. The van der Waals surface area contributed by atoms with Crippen LogP contribution in [0.2, 0.25) is 5.02 Å². The summed E-state index contributed by atoms with van der Waals surface area (Å²) in [6.45, 7) is 1.68. The van der Waals surface area contributed by atoms with Crippen LogP contribution >= 0.6 is 11.6 Å². The van der Waals surface area contributed by atoms with E-state index in [-0.39, 0.29) is 16.9 Å². The standard InChI is InChI=1S/C15H14ClF2N/c1-9-7-10(5-6-12(9)17)14(19)8-11-3-2-4-13(18)15(11)16/h2-7,14H,8,19H2,1H3. The van der Waals surface area contributed by atoms with Gasteiger partial charge in [-0.25, -0.2) is 8.78 Å². The fourth-order valence-corrected chi connectivity index (χ4v) is 2.16. The number of aryl methyl sites for hydroxylation is 1. The Balaban J connectivity index is 2.23. The second kappa shape index (κ2) is 5.68. The number of benzene rings is 2. The van der Waals surface area contributed by atoms with Gasteiger partial charge in [0.15, 0.2) is 0 Å². The van der Waals surface area contributed by atoms with Crippen LogP contribution in [-0.2, 0) is 6.42 Å². The van der Waals surface area contributed by atoms with Crippen LogP contribution in [-0.4, -0.2) is 0 Å². The summed E-state index contributed by atoms with van der Waals surface area (Å²) in [6.07, 6.45) is 0.404. The molecule has 2 N–H and O–H groups in total. The Labute approximate surface area is 116 Å². The number of hydrogen-bond donors (Lipinski definition) is 1. The van der Waals surface area contributed by atoms with E-state index in [4.69, 9.17) is 17.3 Å². The van der Waals surface area contributed by atoms with Gasteiger partial charge in [-0.15, -0.1) is 0 Å². The van der Waals surface area contributed by atoms with Crippen LogP contribution in [0.25, 0.3) is 0 Å². The molecule has 2 aromatic carbocycles. The van der Waals surface area contributed by atoms with Crippen molar-refractivity contribution in [2.45, 2.75) is 19.4 Å². The normalized spacial score (nSPS) is 12.5. The molecule has 2 aromatic rings. The van der Waals surface area contributed by atoms with Gasteiger partial charge in [0, 0.05) is 6.04 Å². The van der Waals surface area contributed by atoms with Gasteiger partial charge in [-0.05, 0) is 42.2 Å². The SMILES string of the molecule is Cc1cc(C(N)Cc2cccc(F)c2Cl)ccc1F. The quantitative estimate of drug-likeness (QED) is 0.898. The summed E-state index contributed by atoms with van der Waals surface area (Å²) in [7, 11) is 0. The maximum absolute atomic E-state index is 13.3. The molecule has 0 saturated heterocycles. The molecule has 19 heavy (non-hydrogen) atoms. The first kappa shape index (κ1) is 14.0. The first-order chi connectivity index (χ1) is 8.99. The molecule has 2 rings (SSSR count). The Hall–Kier alpha value is -1.45. The van der Waals surface area contributed by atoms with Gasteiger partial charge < -0.3 is 5.73 Å². The molecule has 0 aromatic heterocycles. The minimum absolute atomic E-state index is 0.0942. The lowest BCUT2D eigenvalue weighted by molar-refractivity contribution is 0.613. The molecule has 0 fully saturated rings. The van der Waals surface area contributed by atoms with E-state index in [0.717, 1.165) is 5.56 Å². The van der Waals surface area contributed by atoms with E-state index in [2.05, 4.69) is 0 Å². The van der Waals surface area contributed by atoms with Gasteiger partial charge in [0.25, 0.3) is 0 Å². The molecule has 0 radical (unpaired) electrons. The van der Waals surface area contributed by atoms with E-state index in [9.17, 15) is 8.78 Å². The molecule has 1 nitrogen and oxygen atoms in total. The molecule has 0 amide bonds. The minimum Gasteiger partial charge on any atom is -0.324 e. The van der Waals surface area contributed by atoms with E-state index in [1.54, 1.807) is 31.2 Å². The highest BCUT2D eigenvalue weighted by molar-refractivity contribution is 6.31. The maximum Gasteiger partial charge on any atom is 0.142 e. The summed E-state index contributed by atoms with van der Waals surface area (Å²) in [5.74, 6) is -0.721. The van der Waals surface area contributed by atoms with Crippen LogP contribution in [0, 0.1) is 18.6 Å².